The molecular weight excluding hydrogens is 349 g/mol. The number of ether oxygens (including phenoxy) is 1. The summed E-state index contributed by atoms with van der Waals surface area (Å²) in [4.78, 5) is 14.7. The molecule has 1 aromatic rings. The van der Waals surface area contributed by atoms with Gasteiger partial charge in [0.2, 0.25) is 5.91 Å². The van der Waals surface area contributed by atoms with E-state index in [0.717, 1.165) is 31.2 Å². The van der Waals surface area contributed by atoms with Gasteiger partial charge in [-0.15, -0.1) is 0 Å². The highest BCUT2D eigenvalue weighted by Crippen LogP contribution is 2.37. The number of carbonyl (C=O) groups excluding carboxylic acids is 1. The molecular formula is C18H23Cl2NO3. The van der Waals surface area contributed by atoms with Crippen LogP contribution in [-0.4, -0.2) is 42.2 Å². The van der Waals surface area contributed by atoms with Gasteiger partial charge in [-0.1, -0.05) is 42.1 Å². The van der Waals surface area contributed by atoms with Crippen molar-refractivity contribution in [3.8, 4) is 0 Å². The molecule has 0 spiro atoms. The van der Waals surface area contributed by atoms with Crippen molar-refractivity contribution in [2.75, 3.05) is 26.3 Å². The Morgan fingerprint density at radius 3 is 2.71 bits per heavy atom. The highest BCUT2D eigenvalue weighted by molar-refractivity contribution is 6.42. The largest absolute Gasteiger partial charge is 0.396 e. The van der Waals surface area contributed by atoms with E-state index in [1.165, 1.54) is 0 Å². The first-order chi connectivity index (χ1) is 11.6. The fourth-order valence-electron chi connectivity index (χ4n) is 3.83. The molecule has 0 bridgehead atoms. The topological polar surface area (TPSA) is 49.8 Å². The minimum atomic E-state index is -0.727. The van der Waals surface area contributed by atoms with E-state index in [2.05, 4.69) is 0 Å². The summed E-state index contributed by atoms with van der Waals surface area (Å²) >= 11 is 12.2. The van der Waals surface area contributed by atoms with E-state index in [1.807, 2.05) is 11.0 Å². The van der Waals surface area contributed by atoms with Gasteiger partial charge in [-0.05, 0) is 30.5 Å². The van der Waals surface area contributed by atoms with Crippen molar-refractivity contribution in [2.24, 2.45) is 5.92 Å². The summed E-state index contributed by atoms with van der Waals surface area (Å²) in [6.07, 6.45) is 4.65. The monoisotopic (exact) mass is 371 g/mol. The molecule has 1 saturated heterocycles. The van der Waals surface area contributed by atoms with Gasteiger partial charge in [-0.3, -0.25) is 4.79 Å². The minimum absolute atomic E-state index is 0.0221. The van der Waals surface area contributed by atoms with E-state index in [1.54, 1.807) is 12.1 Å². The molecule has 3 rings (SSSR count). The van der Waals surface area contributed by atoms with Crippen LogP contribution < -0.4 is 0 Å². The number of amides is 1. The second kappa shape index (κ2) is 7.61. The van der Waals surface area contributed by atoms with Crippen molar-refractivity contribution in [1.82, 2.24) is 4.90 Å². The van der Waals surface area contributed by atoms with E-state index in [-0.39, 0.29) is 18.4 Å². The summed E-state index contributed by atoms with van der Waals surface area (Å²) in [6.45, 7) is 1.48. The second-order valence-corrected chi connectivity index (χ2v) is 7.50. The summed E-state index contributed by atoms with van der Waals surface area (Å²) < 4.78 is 6.07. The number of aliphatic hydroxyl groups is 1. The van der Waals surface area contributed by atoms with Crippen molar-refractivity contribution < 1.29 is 14.6 Å². The van der Waals surface area contributed by atoms with Gasteiger partial charge in [0.05, 0.1) is 23.2 Å². The lowest BCUT2D eigenvalue weighted by Crippen LogP contribution is -2.53. The van der Waals surface area contributed by atoms with Crippen molar-refractivity contribution in [2.45, 2.75) is 37.7 Å². The molecule has 1 atom stereocenters. The molecule has 1 aliphatic carbocycles. The number of carbonyl (C=O) groups is 1. The Morgan fingerprint density at radius 2 is 2.04 bits per heavy atom. The maximum absolute atomic E-state index is 12.8. The van der Waals surface area contributed by atoms with E-state index in [0.29, 0.717) is 36.2 Å². The molecule has 1 amide bonds. The van der Waals surface area contributed by atoms with Crippen LogP contribution in [0, 0.1) is 5.92 Å². The van der Waals surface area contributed by atoms with Crippen LogP contribution in [0.1, 0.15) is 37.7 Å². The summed E-state index contributed by atoms with van der Waals surface area (Å²) in [5, 5.41) is 10.5. The van der Waals surface area contributed by atoms with Crippen LogP contribution in [0.2, 0.25) is 10.0 Å². The van der Waals surface area contributed by atoms with Crippen LogP contribution in [0.3, 0.4) is 0 Å². The minimum Gasteiger partial charge on any atom is -0.396 e. The maximum Gasteiger partial charge on any atom is 0.225 e. The van der Waals surface area contributed by atoms with Gasteiger partial charge in [0, 0.05) is 25.5 Å². The van der Waals surface area contributed by atoms with Gasteiger partial charge in [0.25, 0.3) is 0 Å². The average molecular weight is 372 g/mol. The van der Waals surface area contributed by atoms with E-state index in [4.69, 9.17) is 27.9 Å². The predicted octanol–water partition coefficient (Wildman–Crippen LogP) is 3.62. The number of hydrogen-bond donors (Lipinski definition) is 1. The quantitative estimate of drug-likeness (QED) is 0.878. The molecule has 0 radical (unpaired) electrons. The Labute approximate surface area is 152 Å². The molecule has 0 unspecified atom stereocenters. The van der Waals surface area contributed by atoms with Crippen molar-refractivity contribution in [1.29, 1.82) is 0 Å². The first-order valence-electron chi connectivity index (χ1n) is 8.55. The van der Waals surface area contributed by atoms with Gasteiger partial charge in [-0.25, -0.2) is 0 Å². The molecule has 2 aliphatic rings. The molecule has 6 heteroatoms. The van der Waals surface area contributed by atoms with Crippen molar-refractivity contribution >= 4 is 29.1 Å². The lowest BCUT2D eigenvalue weighted by atomic mass is 9.88. The number of morpholine rings is 1. The van der Waals surface area contributed by atoms with Crippen LogP contribution in [0.15, 0.2) is 18.2 Å². The standard InChI is InChI=1S/C18H23Cl2NO3/c19-15-6-5-14(11-16(15)20)18(7-9-22)12-21(8-10-24-18)17(23)13-3-1-2-4-13/h5-6,11,13,22H,1-4,7-10,12H2/t18-/m0/s1. The van der Waals surface area contributed by atoms with Gasteiger partial charge >= 0.3 is 0 Å². The highest BCUT2D eigenvalue weighted by Gasteiger charge is 2.41. The lowest BCUT2D eigenvalue weighted by Gasteiger charge is -2.43. The number of halogens is 2. The SMILES string of the molecule is O=C(C1CCCC1)N1CCO[C@](CCO)(c2ccc(Cl)c(Cl)c2)C1. The summed E-state index contributed by atoms with van der Waals surface area (Å²) in [7, 11) is 0. The Hall–Kier alpha value is -0.810. The summed E-state index contributed by atoms with van der Waals surface area (Å²) in [5.41, 5.74) is 0.130. The Morgan fingerprint density at radius 1 is 1.29 bits per heavy atom. The first kappa shape index (κ1) is 18.0. The predicted molar refractivity (Wildman–Crippen MR) is 94.3 cm³/mol. The Kier molecular flexibility index (Phi) is 5.70. The molecule has 1 N–H and O–H groups in total. The lowest BCUT2D eigenvalue weighted by molar-refractivity contribution is -0.159. The summed E-state index contributed by atoms with van der Waals surface area (Å²) in [6, 6.07) is 5.38. The van der Waals surface area contributed by atoms with E-state index in [9.17, 15) is 9.90 Å². The second-order valence-electron chi connectivity index (χ2n) is 6.69. The molecule has 24 heavy (non-hydrogen) atoms. The fourth-order valence-corrected chi connectivity index (χ4v) is 4.13. The molecule has 1 saturated carbocycles. The average Bonchev–Trinajstić information content (AvgIpc) is 3.11. The molecule has 1 aromatic carbocycles. The molecule has 132 valence electrons. The maximum atomic E-state index is 12.8. The van der Waals surface area contributed by atoms with E-state index >= 15 is 0 Å². The van der Waals surface area contributed by atoms with Gasteiger partial charge in [-0.2, -0.15) is 0 Å². The third-order valence-corrected chi connectivity index (χ3v) is 5.90. The van der Waals surface area contributed by atoms with Gasteiger partial charge < -0.3 is 14.7 Å². The Balaban J connectivity index is 1.85. The number of rotatable bonds is 4. The third kappa shape index (κ3) is 3.57. The van der Waals surface area contributed by atoms with Crippen LogP contribution >= 0.6 is 23.2 Å². The smallest absolute Gasteiger partial charge is 0.225 e. The number of aliphatic hydroxyl groups excluding tert-OH is 1. The van der Waals surface area contributed by atoms with Crippen LogP contribution in [0.5, 0.6) is 0 Å². The molecule has 4 nitrogen and oxygen atoms in total. The normalized spacial score (nSPS) is 25.2. The zero-order valence-electron chi connectivity index (χ0n) is 13.6. The van der Waals surface area contributed by atoms with Crippen molar-refractivity contribution in [3.05, 3.63) is 33.8 Å². The number of nitrogens with zero attached hydrogens (tertiary/aromatic N) is 1. The zero-order valence-corrected chi connectivity index (χ0v) is 15.2. The third-order valence-electron chi connectivity index (χ3n) is 5.16. The number of benzene rings is 1. The summed E-state index contributed by atoms with van der Waals surface area (Å²) in [5.74, 6) is 0.363. The van der Waals surface area contributed by atoms with Crippen LogP contribution in [0.4, 0.5) is 0 Å². The van der Waals surface area contributed by atoms with E-state index < -0.39 is 5.60 Å². The molecule has 2 fully saturated rings. The number of hydrogen-bond acceptors (Lipinski definition) is 3. The first-order valence-corrected chi connectivity index (χ1v) is 9.30. The van der Waals surface area contributed by atoms with Gasteiger partial charge in [0.1, 0.15) is 5.60 Å². The molecule has 0 aromatic heterocycles. The van der Waals surface area contributed by atoms with Crippen LogP contribution in [0.25, 0.3) is 0 Å². The van der Waals surface area contributed by atoms with Crippen LogP contribution in [-0.2, 0) is 15.1 Å². The van der Waals surface area contributed by atoms with Gasteiger partial charge in [0.15, 0.2) is 0 Å². The zero-order chi connectivity index (χ0) is 17.2. The molecule has 1 aliphatic heterocycles. The molecule has 1 heterocycles. The highest BCUT2D eigenvalue weighted by atomic mass is 35.5. The fraction of sp³-hybridized carbons (Fsp3) is 0.611. The van der Waals surface area contributed by atoms with Crippen molar-refractivity contribution in [3.63, 3.8) is 0 Å². The Bertz CT molecular complexity index is 600.